The van der Waals surface area contributed by atoms with Crippen LogP contribution in [0.25, 0.3) is 17.1 Å². The fourth-order valence-electron chi connectivity index (χ4n) is 2.92. The van der Waals surface area contributed by atoms with Crippen LogP contribution in [0.3, 0.4) is 0 Å². The lowest BCUT2D eigenvalue weighted by Crippen LogP contribution is -2.15. The van der Waals surface area contributed by atoms with Crippen LogP contribution in [0.2, 0.25) is 5.02 Å². The number of nitrogens with one attached hydrogen (secondary N) is 1. The van der Waals surface area contributed by atoms with Crippen molar-refractivity contribution in [3.05, 3.63) is 83.4 Å². The molecule has 0 aliphatic carbocycles. The predicted molar refractivity (Wildman–Crippen MR) is 120 cm³/mol. The third kappa shape index (κ3) is 4.92. The van der Waals surface area contributed by atoms with Crippen molar-refractivity contribution in [1.82, 2.24) is 19.7 Å². The summed E-state index contributed by atoms with van der Waals surface area (Å²) in [6, 6.07) is 15.2. The molecular weight excluding hydrogens is 437 g/mol. The Bertz CT molecular complexity index is 1210. The summed E-state index contributed by atoms with van der Waals surface area (Å²) in [7, 11) is 0. The van der Waals surface area contributed by atoms with Crippen LogP contribution in [0, 0.1) is 12.7 Å². The number of amides is 1. The van der Waals surface area contributed by atoms with Gasteiger partial charge in [-0.2, -0.15) is 0 Å². The van der Waals surface area contributed by atoms with E-state index in [1.54, 1.807) is 37.5 Å². The Hall–Kier alpha value is -3.23. The molecule has 4 rings (SSSR count). The third-order valence-electron chi connectivity index (χ3n) is 4.46. The van der Waals surface area contributed by atoms with E-state index in [4.69, 9.17) is 11.6 Å². The molecule has 0 saturated carbocycles. The molecule has 0 aliphatic rings. The van der Waals surface area contributed by atoms with Crippen LogP contribution in [0.1, 0.15) is 5.56 Å². The van der Waals surface area contributed by atoms with E-state index in [9.17, 15) is 9.18 Å². The molecule has 0 saturated heterocycles. The molecule has 4 aromatic rings. The molecule has 156 valence electrons. The van der Waals surface area contributed by atoms with Gasteiger partial charge in [-0.3, -0.25) is 14.3 Å². The van der Waals surface area contributed by atoms with Crippen molar-refractivity contribution in [2.75, 3.05) is 11.1 Å². The number of rotatable bonds is 6. The molecule has 0 radical (unpaired) electrons. The Morgan fingerprint density at radius 3 is 2.58 bits per heavy atom. The number of benzene rings is 2. The Morgan fingerprint density at radius 1 is 1.10 bits per heavy atom. The first-order valence-corrected chi connectivity index (χ1v) is 10.7. The van der Waals surface area contributed by atoms with Gasteiger partial charge in [0.1, 0.15) is 5.82 Å². The molecule has 0 unspecified atom stereocenters. The van der Waals surface area contributed by atoms with Crippen molar-refractivity contribution in [2.24, 2.45) is 0 Å². The largest absolute Gasteiger partial charge is 0.325 e. The van der Waals surface area contributed by atoms with Gasteiger partial charge in [0, 0.05) is 34.4 Å². The molecule has 6 nitrogen and oxygen atoms in total. The molecule has 1 amide bonds. The molecule has 31 heavy (non-hydrogen) atoms. The summed E-state index contributed by atoms with van der Waals surface area (Å²) >= 11 is 7.27. The van der Waals surface area contributed by atoms with E-state index in [-0.39, 0.29) is 11.7 Å². The number of anilines is 1. The quantitative estimate of drug-likeness (QED) is 0.408. The number of carbonyl (C=O) groups excluding carboxylic acids is 1. The number of thioether (sulfide) groups is 1. The average Bonchev–Trinajstić information content (AvgIpc) is 3.20. The summed E-state index contributed by atoms with van der Waals surface area (Å²) in [6.07, 6.45) is 3.36. The van der Waals surface area contributed by atoms with E-state index in [0.29, 0.717) is 21.7 Å². The van der Waals surface area contributed by atoms with Crippen LogP contribution in [-0.2, 0) is 4.79 Å². The van der Waals surface area contributed by atoms with Gasteiger partial charge in [0.25, 0.3) is 0 Å². The van der Waals surface area contributed by atoms with E-state index in [1.807, 2.05) is 28.8 Å². The van der Waals surface area contributed by atoms with E-state index >= 15 is 0 Å². The molecule has 2 heterocycles. The van der Waals surface area contributed by atoms with Gasteiger partial charge in [-0.1, -0.05) is 29.4 Å². The summed E-state index contributed by atoms with van der Waals surface area (Å²) in [5.74, 6) is 0.0272. The molecule has 2 aromatic heterocycles. The van der Waals surface area contributed by atoms with Crippen molar-refractivity contribution >= 4 is 35.0 Å². The second-order valence-corrected chi connectivity index (χ2v) is 8.03. The average molecular weight is 454 g/mol. The maximum absolute atomic E-state index is 13.5. The third-order valence-corrected chi connectivity index (χ3v) is 5.64. The smallest absolute Gasteiger partial charge is 0.234 e. The number of aromatic nitrogens is 4. The number of pyridine rings is 1. The van der Waals surface area contributed by atoms with Gasteiger partial charge in [0.15, 0.2) is 11.0 Å². The van der Waals surface area contributed by atoms with Crippen molar-refractivity contribution in [1.29, 1.82) is 0 Å². The minimum Gasteiger partial charge on any atom is -0.325 e. The fraction of sp³-hybridized carbons (Fsp3) is 0.0909. The van der Waals surface area contributed by atoms with Gasteiger partial charge in [0.05, 0.1) is 5.75 Å². The van der Waals surface area contributed by atoms with Crippen LogP contribution in [0.4, 0.5) is 10.1 Å². The lowest BCUT2D eigenvalue weighted by atomic mass is 10.2. The first kappa shape index (κ1) is 21.0. The van der Waals surface area contributed by atoms with Crippen molar-refractivity contribution in [3.63, 3.8) is 0 Å². The van der Waals surface area contributed by atoms with Gasteiger partial charge >= 0.3 is 0 Å². The Morgan fingerprint density at radius 2 is 1.84 bits per heavy atom. The highest BCUT2D eigenvalue weighted by Crippen LogP contribution is 2.28. The maximum atomic E-state index is 13.5. The highest BCUT2D eigenvalue weighted by atomic mass is 35.5. The summed E-state index contributed by atoms with van der Waals surface area (Å²) in [5, 5.41) is 12.5. The molecular formula is C22H17ClFN5OS. The van der Waals surface area contributed by atoms with Crippen LogP contribution in [-0.4, -0.2) is 31.4 Å². The number of halogens is 2. The zero-order valence-corrected chi connectivity index (χ0v) is 18.0. The zero-order chi connectivity index (χ0) is 21.8. The first-order chi connectivity index (χ1) is 15.0. The van der Waals surface area contributed by atoms with E-state index in [0.717, 1.165) is 16.8 Å². The predicted octanol–water partition coefficient (Wildman–Crippen LogP) is 5.16. The van der Waals surface area contributed by atoms with Gasteiger partial charge in [-0.05, 0) is 61.0 Å². The molecule has 0 spiro atoms. The molecule has 9 heteroatoms. The summed E-state index contributed by atoms with van der Waals surface area (Å²) in [5.41, 5.74) is 2.88. The number of aryl methyl sites for hydroxylation is 1. The lowest BCUT2D eigenvalue weighted by molar-refractivity contribution is -0.113. The van der Waals surface area contributed by atoms with Crippen molar-refractivity contribution in [2.45, 2.75) is 12.1 Å². The number of nitrogens with zero attached hydrogens (tertiary/aromatic N) is 4. The Labute approximate surface area is 187 Å². The van der Waals surface area contributed by atoms with Crippen molar-refractivity contribution < 1.29 is 9.18 Å². The van der Waals surface area contributed by atoms with Gasteiger partial charge < -0.3 is 5.32 Å². The van der Waals surface area contributed by atoms with Crippen LogP contribution in [0.15, 0.2) is 72.1 Å². The summed E-state index contributed by atoms with van der Waals surface area (Å²) in [6.45, 7) is 1.81. The Kier molecular flexibility index (Phi) is 6.29. The normalized spacial score (nSPS) is 10.8. The standard InChI is InChI=1S/C22H17ClFN5OS/c1-14-2-5-17(24)12-19(14)26-20(30)13-31-22-28-27-21(15-8-10-25-11-9-15)29(22)18-6-3-16(23)4-7-18/h2-12H,13H2,1H3,(H,26,30). The van der Waals surface area contributed by atoms with Crippen molar-refractivity contribution in [3.8, 4) is 17.1 Å². The molecule has 2 aromatic carbocycles. The van der Waals surface area contributed by atoms with E-state index < -0.39 is 5.82 Å². The highest BCUT2D eigenvalue weighted by molar-refractivity contribution is 7.99. The fourth-order valence-corrected chi connectivity index (χ4v) is 3.80. The van der Waals surface area contributed by atoms with Gasteiger partial charge in [0.2, 0.25) is 5.91 Å². The van der Waals surface area contributed by atoms with Gasteiger partial charge in [-0.25, -0.2) is 4.39 Å². The zero-order valence-electron chi connectivity index (χ0n) is 16.4. The molecule has 0 bridgehead atoms. The maximum Gasteiger partial charge on any atom is 0.234 e. The molecule has 0 atom stereocenters. The number of hydrogen-bond donors (Lipinski definition) is 1. The SMILES string of the molecule is Cc1ccc(F)cc1NC(=O)CSc1nnc(-c2ccncc2)n1-c1ccc(Cl)cc1. The molecule has 0 aliphatic heterocycles. The van der Waals surface area contributed by atoms with Crippen LogP contribution < -0.4 is 5.32 Å². The van der Waals surface area contributed by atoms with Crippen LogP contribution in [0.5, 0.6) is 0 Å². The topological polar surface area (TPSA) is 72.7 Å². The Balaban J connectivity index is 1.59. The van der Waals surface area contributed by atoms with E-state index in [2.05, 4.69) is 20.5 Å². The second-order valence-electron chi connectivity index (χ2n) is 6.65. The molecule has 0 fully saturated rings. The highest BCUT2D eigenvalue weighted by Gasteiger charge is 2.17. The lowest BCUT2D eigenvalue weighted by Gasteiger charge is -2.11. The van der Waals surface area contributed by atoms with E-state index in [1.165, 1.54) is 23.9 Å². The first-order valence-electron chi connectivity index (χ1n) is 9.32. The van der Waals surface area contributed by atoms with Crippen LogP contribution >= 0.6 is 23.4 Å². The summed E-state index contributed by atoms with van der Waals surface area (Å²) < 4.78 is 15.3. The minimum atomic E-state index is -0.405. The summed E-state index contributed by atoms with van der Waals surface area (Å²) in [4.78, 5) is 16.5. The second kappa shape index (κ2) is 9.28. The minimum absolute atomic E-state index is 0.0814. The monoisotopic (exact) mass is 453 g/mol. The number of carbonyl (C=O) groups is 1. The number of hydrogen-bond acceptors (Lipinski definition) is 5. The molecule has 1 N–H and O–H groups in total. The van der Waals surface area contributed by atoms with Gasteiger partial charge in [-0.15, -0.1) is 10.2 Å².